The Labute approximate surface area is 170 Å². The minimum atomic E-state index is -0.365. The van der Waals surface area contributed by atoms with E-state index in [9.17, 15) is 9.59 Å². The smallest absolute Gasteiger partial charge is 0.280 e. The fourth-order valence-electron chi connectivity index (χ4n) is 2.78. The van der Waals surface area contributed by atoms with Crippen LogP contribution >= 0.6 is 15.9 Å². The molecule has 0 unspecified atom stereocenters. The van der Waals surface area contributed by atoms with E-state index in [1.807, 2.05) is 6.07 Å². The first-order valence-electron chi connectivity index (χ1n) is 8.48. The highest BCUT2D eigenvalue weighted by Gasteiger charge is 2.16. The number of methoxy groups -OCH3 is 1. The van der Waals surface area contributed by atoms with E-state index in [4.69, 9.17) is 4.74 Å². The van der Waals surface area contributed by atoms with E-state index in [0.717, 1.165) is 0 Å². The molecule has 1 amide bonds. The molecule has 0 bridgehead atoms. The lowest BCUT2D eigenvalue weighted by molar-refractivity contribution is 0.0954. The van der Waals surface area contributed by atoms with Crippen molar-refractivity contribution in [2.75, 3.05) is 7.11 Å². The van der Waals surface area contributed by atoms with Gasteiger partial charge in [-0.15, -0.1) is 0 Å². The molecule has 3 aromatic rings. The van der Waals surface area contributed by atoms with Crippen LogP contribution in [0.2, 0.25) is 0 Å². The second-order valence-corrected chi connectivity index (χ2v) is 6.92. The van der Waals surface area contributed by atoms with E-state index < -0.39 is 0 Å². The van der Waals surface area contributed by atoms with Gasteiger partial charge < -0.3 is 4.74 Å². The summed E-state index contributed by atoms with van der Waals surface area (Å²) in [4.78, 5) is 25.2. The highest BCUT2D eigenvalue weighted by atomic mass is 79.9. The topological polar surface area (TPSA) is 88.5 Å². The van der Waals surface area contributed by atoms with Gasteiger partial charge in [-0.2, -0.15) is 5.10 Å². The van der Waals surface area contributed by atoms with Crippen LogP contribution < -0.4 is 15.7 Å². The third-order valence-electron chi connectivity index (χ3n) is 4.21. The molecule has 3 rings (SSSR count). The lowest BCUT2D eigenvalue weighted by atomic mass is 10.2. The van der Waals surface area contributed by atoms with E-state index in [1.165, 1.54) is 4.68 Å². The number of ether oxygens (including phenoxy) is 1. The Morgan fingerprint density at radius 3 is 2.50 bits per heavy atom. The summed E-state index contributed by atoms with van der Waals surface area (Å²) in [6.45, 7) is 3.46. The summed E-state index contributed by atoms with van der Waals surface area (Å²) < 4.78 is 7.24. The number of nitrogens with zero attached hydrogens (tertiary/aromatic N) is 2. The molecule has 8 heteroatoms. The highest BCUT2D eigenvalue weighted by molar-refractivity contribution is 9.10. The minimum Gasteiger partial charge on any atom is -0.497 e. The monoisotopic (exact) mass is 442 g/mol. The second-order valence-electron chi connectivity index (χ2n) is 6.07. The summed E-state index contributed by atoms with van der Waals surface area (Å²) >= 11 is 3.33. The maximum atomic E-state index is 12.9. The number of halogens is 1. The molecule has 2 aromatic carbocycles. The van der Waals surface area contributed by atoms with Crippen LogP contribution in [0.25, 0.3) is 5.69 Å². The van der Waals surface area contributed by atoms with Crippen molar-refractivity contribution in [1.82, 2.24) is 15.2 Å². The normalized spacial score (nSPS) is 11.4. The number of carbonyl (C=O) groups excluding carboxylic acids is 1. The highest BCUT2D eigenvalue weighted by Crippen LogP contribution is 2.16. The standard InChI is InChI=1S/C20H19BrN4O3/c1-12(22-23-19(26)16-6-4-5-7-17(16)21)18-13(2)24-25(20(18)27)14-8-10-15(28-3)11-9-14/h4-11,24H,1-3H3,(H,23,26). The molecule has 0 aliphatic carbocycles. The molecule has 7 nitrogen and oxygen atoms in total. The van der Waals surface area contributed by atoms with Crippen LogP contribution in [0.4, 0.5) is 0 Å². The second kappa shape index (κ2) is 8.26. The van der Waals surface area contributed by atoms with Gasteiger partial charge in [-0.25, -0.2) is 10.1 Å². The van der Waals surface area contributed by atoms with Crippen LogP contribution in [0, 0.1) is 6.92 Å². The number of aryl methyl sites for hydroxylation is 1. The average molecular weight is 443 g/mol. The molecule has 0 saturated heterocycles. The van der Waals surface area contributed by atoms with Gasteiger partial charge in [0, 0.05) is 10.2 Å². The summed E-state index contributed by atoms with van der Waals surface area (Å²) in [6.07, 6.45) is 0. The molecule has 0 radical (unpaired) electrons. The molecule has 144 valence electrons. The van der Waals surface area contributed by atoms with Gasteiger partial charge in [0.25, 0.3) is 11.5 Å². The lowest BCUT2D eigenvalue weighted by Gasteiger charge is -2.04. The number of H-pyrrole nitrogens is 1. The van der Waals surface area contributed by atoms with Gasteiger partial charge in [-0.1, -0.05) is 12.1 Å². The fourth-order valence-corrected chi connectivity index (χ4v) is 3.25. The van der Waals surface area contributed by atoms with Crippen LogP contribution in [0.3, 0.4) is 0 Å². The van der Waals surface area contributed by atoms with Gasteiger partial charge in [0.15, 0.2) is 0 Å². The quantitative estimate of drug-likeness (QED) is 0.468. The van der Waals surface area contributed by atoms with Crippen molar-refractivity contribution in [2.45, 2.75) is 13.8 Å². The van der Waals surface area contributed by atoms with Crippen molar-refractivity contribution in [1.29, 1.82) is 0 Å². The number of rotatable bonds is 5. The number of nitrogens with one attached hydrogen (secondary N) is 2. The molecule has 0 saturated carbocycles. The SMILES string of the molecule is COc1ccc(-n2[nH]c(C)c(C(C)=NNC(=O)c3ccccc3Br)c2=O)cc1. The van der Waals surface area contributed by atoms with Crippen molar-refractivity contribution in [3.63, 3.8) is 0 Å². The first-order chi connectivity index (χ1) is 13.4. The largest absolute Gasteiger partial charge is 0.497 e. The van der Waals surface area contributed by atoms with E-state index in [0.29, 0.717) is 38.4 Å². The van der Waals surface area contributed by atoms with Crippen molar-refractivity contribution in [3.05, 3.63) is 80.2 Å². The molecular weight excluding hydrogens is 424 g/mol. The Hall–Kier alpha value is -3.13. The molecule has 0 aliphatic heterocycles. The van der Waals surface area contributed by atoms with Gasteiger partial charge in [-0.3, -0.25) is 14.7 Å². The first kappa shape index (κ1) is 19.6. The molecule has 0 spiro atoms. The van der Waals surface area contributed by atoms with Crippen molar-refractivity contribution in [2.24, 2.45) is 5.10 Å². The molecule has 28 heavy (non-hydrogen) atoms. The molecule has 1 heterocycles. The third kappa shape index (κ3) is 3.91. The van der Waals surface area contributed by atoms with Gasteiger partial charge in [0.1, 0.15) is 5.75 Å². The number of hydrogen-bond acceptors (Lipinski definition) is 4. The number of amides is 1. The number of hydrazone groups is 1. The summed E-state index contributed by atoms with van der Waals surface area (Å²) in [6, 6.07) is 14.1. The molecule has 2 N–H and O–H groups in total. The molecule has 0 atom stereocenters. The fraction of sp³-hybridized carbons (Fsp3) is 0.150. The molecule has 1 aromatic heterocycles. The van der Waals surface area contributed by atoms with Crippen LogP contribution in [-0.2, 0) is 0 Å². The molecular formula is C20H19BrN4O3. The summed E-state index contributed by atoms with van der Waals surface area (Å²) in [7, 11) is 1.58. The summed E-state index contributed by atoms with van der Waals surface area (Å²) in [5, 5.41) is 7.15. The Bertz CT molecular complexity index is 1100. The van der Waals surface area contributed by atoms with E-state index in [-0.39, 0.29) is 11.5 Å². The molecule has 0 fully saturated rings. The zero-order chi connectivity index (χ0) is 20.3. The van der Waals surface area contributed by atoms with Gasteiger partial charge in [0.05, 0.1) is 29.6 Å². The number of benzene rings is 2. The summed E-state index contributed by atoms with van der Waals surface area (Å²) in [5.74, 6) is 0.336. The van der Waals surface area contributed by atoms with Crippen LogP contribution in [-0.4, -0.2) is 28.5 Å². The Kier molecular flexibility index (Phi) is 5.79. The van der Waals surface area contributed by atoms with Gasteiger partial charge >= 0.3 is 0 Å². The number of hydrogen-bond donors (Lipinski definition) is 2. The maximum absolute atomic E-state index is 12.9. The van der Waals surface area contributed by atoms with Crippen LogP contribution in [0.1, 0.15) is 28.5 Å². The Morgan fingerprint density at radius 2 is 1.86 bits per heavy atom. The number of aromatic nitrogens is 2. The Morgan fingerprint density at radius 1 is 1.18 bits per heavy atom. The van der Waals surface area contributed by atoms with Crippen molar-refractivity contribution in [3.8, 4) is 11.4 Å². The van der Waals surface area contributed by atoms with Crippen LogP contribution in [0.15, 0.2) is 62.9 Å². The van der Waals surface area contributed by atoms with E-state index in [2.05, 4.69) is 31.6 Å². The number of carbonyl (C=O) groups is 1. The first-order valence-corrected chi connectivity index (χ1v) is 9.27. The summed E-state index contributed by atoms with van der Waals surface area (Å²) in [5.41, 5.74) is 4.84. The number of aromatic amines is 1. The minimum absolute atomic E-state index is 0.251. The zero-order valence-electron chi connectivity index (χ0n) is 15.6. The lowest BCUT2D eigenvalue weighted by Crippen LogP contribution is -2.23. The van der Waals surface area contributed by atoms with Crippen LogP contribution in [0.5, 0.6) is 5.75 Å². The average Bonchev–Trinajstić information content (AvgIpc) is 3.00. The third-order valence-corrected chi connectivity index (χ3v) is 4.90. The zero-order valence-corrected chi connectivity index (χ0v) is 17.2. The van der Waals surface area contributed by atoms with E-state index in [1.54, 1.807) is 63.4 Å². The van der Waals surface area contributed by atoms with Gasteiger partial charge in [0.2, 0.25) is 0 Å². The predicted octanol–water partition coefficient (Wildman–Crippen LogP) is 3.40. The van der Waals surface area contributed by atoms with E-state index >= 15 is 0 Å². The molecule has 0 aliphatic rings. The maximum Gasteiger partial charge on any atom is 0.280 e. The van der Waals surface area contributed by atoms with Gasteiger partial charge in [-0.05, 0) is 66.2 Å². The predicted molar refractivity (Wildman–Crippen MR) is 111 cm³/mol. The van der Waals surface area contributed by atoms with Crippen molar-refractivity contribution >= 4 is 27.5 Å². The van der Waals surface area contributed by atoms with Crippen molar-refractivity contribution < 1.29 is 9.53 Å². The Balaban J connectivity index is 1.87.